The van der Waals surface area contributed by atoms with E-state index in [0.717, 1.165) is 22.6 Å². The summed E-state index contributed by atoms with van der Waals surface area (Å²) >= 11 is 6.07. The van der Waals surface area contributed by atoms with E-state index in [4.69, 9.17) is 16.3 Å². The quantitative estimate of drug-likeness (QED) is 0.377. The third-order valence-electron chi connectivity index (χ3n) is 7.67. The summed E-state index contributed by atoms with van der Waals surface area (Å²) in [6, 6.07) is 10.6. The average Bonchev–Trinajstić information content (AvgIpc) is 3.24. The van der Waals surface area contributed by atoms with Gasteiger partial charge in [-0.3, -0.25) is 19.8 Å². The molecule has 0 aromatic heterocycles. The number of likely N-dealkylation sites (N-methyl/N-ethyl adjacent to an activating group) is 1. The van der Waals surface area contributed by atoms with Gasteiger partial charge in [0.1, 0.15) is 11.8 Å². The molecule has 4 rings (SSSR count). The van der Waals surface area contributed by atoms with Crippen LogP contribution >= 0.6 is 11.6 Å². The van der Waals surface area contributed by atoms with Crippen molar-refractivity contribution in [3.63, 3.8) is 0 Å². The SMILES string of the molecule is CN(C(=O)C1COC(C)(C)N1C(=O)O)[C@@]1(Cc2ccc(Cl)cc2)CCCN(S(=O)(=O)c2ccc([N+](=O)[O-])cc2)C1. The summed E-state index contributed by atoms with van der Waals surface area (Å²) in [6.45, 7) is 3.12. The van der Waals surface area contributed by atoms with E-state index in [1.807, 2.05) is 0 Å². The third-order valence-corrected chi connectivity index (χ3v) is 9.78. The smallest absolute Gasteiger partial charge is 0.410 e. The van der Waals surface area contributed by atoms with E-state index in [1.54, 1.807) is 45.2 Å². The number of sulfonamides is 1. The van der Waals surface area contributed by atoms with Crippen molar-refractivity contribution in [1.82, 2.24) is 14.1 Å². The molecule has 0 saturated carbocycles. The lowest BCUT2D eigenvalue weighted by molar-refractivity contribution is -0.384. The molecule has 216 valence electrons. The minimum atomic E-state index is -4.07. The first-order valence-corrected chi connectivity index (χ1v) is 14.4. The molecule has 0 bridgehead atoms. The molecule has 2 aromatic rings. The molecule has 2 saturated heterocycles. The lowest BCUT2D eigenvalue weighted by Crippen LogP contribution is -2.64. The zero-order chi connectivity index (χ0) is 29.5. The number of piperidine rings is 1. The zero-order valence-corrected chi connectivity index (χ0v) is 23.9. The van der Waals surface area contributed by atoms with Crippen molar-refractivity contribution < 1.29 is 32.8 Å². The standard InChI is InChI=1S/C26H31ClN4O8S/c1-25(2)30(24(33)34)22(16-39-25)23(32)28(3)26(15-18-5-7-19(27)8-6-18)13-4-14-29(17-26)40(37,38)21-11-9-20(10-12-21)31(35)36/h5-12,22H,4,13-17H2,1-3H3,(H,33,34)/t22?,26-/m1/s1. The summed E-state index contributed by atoms with van der Waals surface area (Å²) in [5.41, 5.74) is -1.66. The fourth-order valence-corrected chi connectivity index (χ4v) is 7.17. The molecule has 2 aliphatic heterocycles. The van der Waals surface area contributed by atoms with E-state index in [0.29, 0.717) is 17.9 Å². The van der Waals surface area contributed by atoms with Gasteiger partial charge < -0.3 is 14.7 Å². The van der Waals surface area contributed by atoms with Crippen molar-refractivity contribution in [2.45, 2.75) is 55.3 Å². The predicted octanol–water partition coefficient (Wildman–Crippen LogP) is 3.59. The second-order valence-corrected chi connectivity index (χ2v) is 12.9. The van der Waals surface area contributed by atoms with Crippen LogP contribution in [0.15, 0.2) is 53.4 Å². The highest BCUT2D eigenvalue weighted by Gasteiger charge is 2.52. The Morgan fingerprint density at radius 3 is 2.38 bits per heavy atom. The molecule has 2 aromatic carbocycles. The van der Waals surface area contributed by atoms with Crippen molar-refractivity contribution in [2.75, 3.05) is 26.7 Å². The maximum atomic E-state index is 13.9. The van der Waals surface area contributed by atoms with Crippen LogP contribution in [0.4, 0.5) is 10.5 Å². The molecule has 0 spiro atoms. The number of carbonyl (C=O) groups is 2. The second-order valence-electron chi connectivity index (χ2n) is 10.5. The van der Waals surface area contributed by atoms with E-state index in [2.05, 4.69) is 0 Å². The predicted molar refractivity (Wildman–Crippen MR) is 145 cm³/mol. The average molecular weight is 595 g/mol. The van der Waals surface area contributed by atoms with Crippen molar-refractivity contribution >= 4 is 39.3 Å². The van der Waals surface area contributed by atoms with E-state index in [9.17, 15) is 33.2 Å². The second kappa shape index (κ2) is 11.0. The number of rotatable bonds is 7. The fraction of sp³-hybridized carbons (Fsp3) is 0.462. The van der Waals surface area contributed by atoms with Crippen LogP contribution in [0.5, 0.6) is 0 Å². The van der Waals surface area contributed by atoms with Crippen LogP contribution in [0, 0.1) is 10.1 Å². The van der Waals surface area contributed by atoms with Gasteiger partial charge >= 0.3 is 6.09 Å². The lowest BCUT2D eigenvalue weighted by atomic mass is 9.82. The molecule has 12 nitrogen and oxygen atoms in total. The van der Waals surface area contributed by atoms with Crippen molar-refractivity contribution in [3.8, 4) is 0 Å². The molecule has 2 heterocycles. The summed E-state index contributed by atoms with van der Waals surface area (Å²) < 4.78 is 34.2. The Balaban J connectivity index is 1.71. The first-order valence-electron chi connectivity index (χ1n) is 12.6. The molecular weight excluding hydrogens is 564 g/mol. The van der Waals surface area contributed by atoms with Crippen LogP contribution < -0.4 is 0 Å². The van der Waals surface area contributed by atoms with E-state index < -0.39 is 44.3 Å². The number of carbonyl (C=O) groups excluding carboxylic acids is 1. The molecule has 14 heteroatoms. The number of ether oxygens (including phenoxy) is 1. The Hall–Kier alpha value is -3.26. The Bertz CT molecular complexity index is 1400. The largest absolute Gasteiger partial charge is 0.465 e. The van der Waals surface area contributed by atoms with Crippen molar-refractivity contribution in [3.05, 3.63) is 69.2 Å². The van der Waals surface area contributed by atoms with Gasteiger partial charge in [0.05, 0.1) is 22.0 Å². The van der Waals surface area contributed by atoms with Crippen LogP contribution in [-0.2, 0) is 26.0 Å². The summed E-state index contributed by atoms with van der Waals surface area (Å²) in [6.07, 6.45) is -0.143. The molecule has 0 radical (unpaired) electrons. The van der Waals surface area contributed by atoms with Gasteiger partial charge in [0.25, 0.3) is 5.69 Å². The molecule has 40 heavy (non-hydrogen) atoms. The van der Waals surface area contributed by atoms with Crippen LogP contribution in [-0.4, -0.2) is 88.6 Å². The fourth-order valence-electron chi connectivity index (χ4n) is 5.49. The van der Waals surface area contributed by atoms with Crippen LogP contribution in [0.3, 0.4) is 0 Å². The number of hydrogen-bond acceptors (Lipinski definition) is 7. The number of nitro benzene ring substituents is 1. The molecule has 1 N–H and O–H groups in total. The molecule has 2 atom stereocenters. The van der Waals surface area contributed by atoms with Gasteiger partial charge in [-0.1, -0.05) is 23.7 Å². The number of nitrogens with zero attached hydrogens (tertiary/aromatic N) is 4. The van der Waals surface area contributed by atoms with E-state index in [1.165, 1.54) is 21.3 Å². The molecule has 2 amide bonds. The van der Waals surface area contributed by atoms with Gasteiger partial charge in [-0.15, -0.1) is 0 Å². The molecule has 2 fully saturated rings. The monoisotopic (exact) mass is 594 g/mol. The molecule has 2 aliphatic rings. The summed E-state index contributed by atoms with van der Waals surface area (Å²) in [5.74, 6) is -0.503. The van der Waals surface area contributed by atoms with Gasteiger partial charge in [-0.05, 0) is 62.9 Å². The normalized spacial score (nSPS) is 23.1. The van der Waals surface area contributed by atoms with Gasteiger partial charge in [0.2, 0.25) is 15.9 Å². The van der Waals surface area contributed by atoms with Crippen molar-refractivity contribution in [1.29, 1.82) is 0 Å². The zero-order valence-electron chi connectivity index (χ0n) is 22.3. The van der Waals surface area contributed by atoms with E-state index >= 15 is 0 Å². The minimum Gasteiger partial charge on any atom is -0.465 e. The Morgan fingerprint density at radius 1 is 1.18 bits per heavy atom. The van der Waals surface area contributed by atoms with Gasteiger partial charge in [0.15, 0.2) is 0 Å². The number of nitro groups is 1. The third kappa shape index (κ3) is 5.64. The van der Waals surface area contributed by atoms with Gasteiger partial charge in [-0.2, -0.15) is 4.31 Å². The highest BCUT2D eigenvalue weighted by atomic mass is 35.5. The van der Waals surface area contributed by atoms with E-state index in [-0.39, 0.29) is 36.7 Å². The molecule has 1 unspecified atom stereocenters. The summed E-state index contributed by atoms with van der Waals surface area (Å²) in [5, 5.41) is 21.4. The maximum Gasteiger partial charge on any atom is 0.410 e. The number of halogens is 1. The number of carboxylic acid groups (broad SMARTS) is 1. The van der Waals surface area contributed by atoms with Gasteiger partial charge in [-0.25, -0.2) is 13.2 Å². The van der Waals surface area contributed by atoms with Crippen LogP contribution in [0.25, 0.3) is 0 Å². The Morgan fingerprint density at radius 2 is 1.80 bits per heavy atom. The molecule has 0 aliphatic carbocycles. The van der Waals surface area contributed by atoms with Crippen LogP contribution in [0.2, 0.25) is 5.02 Å². The Kier molecular flexibility index (Phi) is 8.14. The first kappa shape index (κ1) is 29.7. The minimum absolute atomic E-state index is 0.0682. The number of non-ortho nitro benzene ring substituents is 1. The highest BCUT2D eigenvalue weighted by Crippen LogP contribution is 2.36. The lowest BCUT2D eigenvalue weighted by Gasteiger charge is -2.49. The molecular formula is C26H31ClN4O8S. The summed E-state index contributed by atoms with van der Waals surface area (Å²) in [7, 11) is -2.51. The summed E-state index contributed by atoms with van der Waals surface area (Å²) in [4.78, 5) is 38.8. The number of benzene rings is 2. The highest BCUT2D eigenvalue weighted by molar-refractivity contribution is 7.89. The number of amides is 2. The van der Waals surface area contributed by atoms with Crippen LogP contribution in [0.1, 0.15) is 32.3 Å². The number of hydrogen-bond donors (Lipinski definition) is 1. The topological polar surface area (TPSA) is 151 Å². The Labute approximate surface area is 237 Å². The first-order chi connectivity index (χ1) is 18.7. The van der Waals surface area contributed by atoms with Gasteiger partial charge in [0, 0.05) is 37.3 Å². The van der Waals surface area contributed by atoms with Crippen molar-refractivity contribution in [2.24, 2.45) is 0 Å². The maximum absolute atomic E-state index is 13.9.